The second kappa shape index (κ2) is 4.93. The Hall–Kier alpha value is -0.930. The summed E-state index contributed by atoms with van der Waals surface area (Å²) in [6.07, 6.45) is 0. The second-order valence-corrected chi connectivity index (χ2v) is 4.57. The van der Waals surface area contributed by atoms with E-state index < -0.39 is 0 Å². The number of nitrogens with zero attached hydrogens (tertiary/aromatic N) is 2. The summed E-state index contributed by atoms with van der Waals surface area (Å²) in [5, 5.41) is 0. The van der Waals surface area contributed by atoms with E-state index in [-0.39, 0.29) is 5.82 Å². The van der Waals surface area contributed by atoms with Crippen molar-refractivity contribution in [2.24, 2.45) is 0 Å². The smallest absolute Gasteiger partial charge is 0.123 e. The molecule has 0 N–H and O–H groups in total. The fraction of sp³-hybridized carbons (Fsp3) is 0.538. The van der Waals surface area contributed by atoms with E-state index in [0.29, 0.717) is 6.04 Å². The summed E-state index contributed by atoms with van der Waals surface area (Å²) in [4.78, 5) is 4.74. The lowest BCUT2D eigenvalue weighted by molar-refractivity contribution is 0.119. The normalized spacial score (nSPS) is 20.9. The summed E-state index contributed by atoms with van der Waals surface area (Å²) >= 11 is 0. The molecule has 88 valence electrons. The van der Waals surface area contributed by atoms with Gasteiger partial charge in [-0.1, -0.05) is 12.1 Å². The van der Waals surface area contributed by atoms with Crippen molar-refractivity contribution in [3.63, 3.8) is 0 Å². The molecule has 0 saturated carbocycles. The Morgan fingerprint density at radius 2 is 1.88 bits per heavy atom. The molecule has 1 aromatic rings. The van der Waals surface area contributed by atoms with Gasteiger partial charge in [-0.2, -0.15) is 0 Å². The SMILES string of the molecule is CC(c1cccc(F)c1)N1CCN(C)CC1. The van der Waals surface area contributed by atoms with E-state index in [0.717, 1.165) is 31.7 Å². The molecule has 1 aliphatic heterocycles. The van der Waals surface area contributed by atoms with Crippen LogP contribution >= 0.6 is 0 Å². The summed E-state index contributed by atoms with van der Waals surface area (Å²) in [7, 11) is 2.14. The first kappa shape index (κ1) is 11.6. The minimum absolute atomic E-state index is 0.140. The largest absolute Gasteiger partial charge is 0.304 e. The second-order valence-electron chi connectivity index (χ2n) is 4.57. The Balaban J connectivity index is 2.04. The lowest BCUT2D eigenvalue weighted by atomic mass is 10.1. The van der Waals surface area contributed by atoms with E-state index in [1.807, 2.05) is 6.07 Å². The van der Waals surface area contributed by atoms with Crippen LogP contribution in [0.2, 0.25) is 0 Å². The van der Waals surface area contributed by atoms with Gasteiger partial charge in [-0.3, -0.25) is 4.90 Å². The maximum Gasteiger partial charge on any atom is 0.123 e. The van der Waals surface area contributed by atoms with E-state index in [9.17, 15) is 4.39 Å². The molecule has 2 nitrogen and oxygen atoms in total. The lowest BCUT2D eigenvalue weighted by Gasteiger charge is -2.36. The van der Waals surface area contributed by atoms with Crippen LogP contribution < -0.4 is 0 Å². The average Bonchev–Trinajstić information content (AvgIpc) is 2.29. The number of hydrogen-bond donors (Lipinski definition) is 0. The van der Waals surface area contributed by atoms with E-state index in [1.165, 1.54) is 6.07 Å². The summed E-state index contributed by atoms with van der Waals surface area (Å²) in [5.74, 6) is -0.140. The summed E-state index contributed by atoms with van der Waals surface area (Å²) in [6.45, 7) is 6.47. The lowest BCUT2D eigenvalue weighted by Crippen LogP contribution is -2.45. The third kappa shape index (κ3) is 2.60. The zero-order valence-corrected chi connectivity index (χ0v) is 9.99. The van der Waals surface area contributed by atoms with Crippen LogP contribution in [0.1, 0.15) is 18.5 Å². The van der Waals surface area contributed by atoms with Crippen molar-refractivity contribution in [2.45, 2.75) is 13.0 Å². The highest BCUT2D eigenvalue weighted by Gasteiger charge is 2.20. The van der Waals surface area contributed by atoms with Gasteiger partial charge in [0.2, 0.25) is 0 Å². The van der Waals surface area contributed by atoms with Gasteiger partial charge in [0.05, 0.1) is 0 Å². The maximum absolute atomic E-state index is 13.1. The molecule has 0 bridgehead atoms. The van der Waals surface area contributed by atoms with Crippen LogP contribution in [-0.4, -0.2) is 43.0 Å². The quantitative estimate of drug-likeness (QED) is 0.756. The van der Waals surface area contributed by atoms with Crippen LogP contribution in [-0.2, 0) is 0 Å². The molecule has 1 atom stereocenters. The number of halogens is 1. The molecule has 0 spiro atoms. The van der Waals surface area contributed by atoms with Gasteiger partial charge in [0, 0.05) is 32.2 Å². The van der Waals surface area contributed by atoms with E-state index >= 15 is 0 Å². The molecule has 0 aromatic heterocycles. The molecule has 1 fully saturated rings. The molecule has 16 heavy (non-hydrogen) atoms. The highest BCUT2D eigenvalue weighted by atomic mass is 19.1. The van der Waals surface area contributed by atoms with Gasteiger partial charge < -0.3 is 4.90 Å². The molecule has 1 aliphatic rings. The standard InChI is InChI=1S/C13H19FN2/c1-11(12-4-3-5-13(14)10-12)16-8-6-15(2)7-9-16/h3-5,10-11H,6-9H2,1-2H3. The monoisotopic (exact) mass is 222 g/mol. The van der Waals surface area contributed by atoms with Crippen LogP contribution in [0, 0.1) is 5.82 Å². The first-order valence-electron chi connectivity index (χ1n) is 5.85. The zero-order valence-electron chi connectivity index (χ0n) is 9.99. The highest BCUT2D eigenvalue weighted by Crippen LogP contribution is 2.21. The van der Waals surface area contributed by atoms with E-state index in [1.54, 1.807) is 12.1 Å². The fourth-order valence-electron chi connectivity index (χ4n) is 2.19. The van der Waals surface area contributed by atoms with Gasteiger partial charge in [-0.15, -0.1) is 0 Å². The molecule has 2 rings (SSSR count). The molecular formula is C13H19FN2. The summed E-state index contributed by atoms with van der Waals surface area (Å²) < 4.78 is 13.1. The topological polar surface area (TPSA) is 6.48 Å². The average molecular weight is 222 g/mol. The molecule has 0 aliphatic carbocycles. The van der Waals surface area contributed by atoms with Crippen molar-refractivity contribution in [1.29, 1.82) is 0 Å². The number of rotatable bonds is 2. The number of benzene rings is 1. The predicted molar refractivity (Wildman–Crippen MR) is 63.9 cm³/mol. The Morgan fingerprint density at radius 3 is 2.50 bits per heavy atom. The van der Waals surface area contributed by atoms with E-state index in [4.69, 9.17) is 0 Å². The highest BCUT2D eigenvalue weighted by molar-refractivity contribution is 5.19. The van der Waals surface area contributed by atoms with Crippen LogP contribution in [0.15, 0.2) is 24.3 Å². The van der Waals surface area contributed by atoms with Gasteiger partial charge in [-0.05, 0) is 31.7 Å². The maximum atomic E-state index is 13.1. The molecule has 0 radical (unpaired) electrons. The van der Waals surface area contributed by atoms with Crippen molar-refractivity contribution in [2.75, 3.05) is 33.2 Å². The van der Waals surface area contributed by atoms with Crippen molar-refractivity contribution in [3.8, 4) is 0 Å². The Labute approximate surface area is 96.7 Å². The molecule has 1 saturated heterocycles. The van der Waals surface area contributed by atoms with Crippen molar-refractivity contribution in [1.82, 2.24) is 9.80 Å². The van der Waals surface area contributed by atoms with Crippen LogP contribution in [0.3, 0.4) is 0 Å². The molecular weight excluding hydrogens is 203 g/mol. The van der Waals surface area contributed by atoms with Gasteiger partial charge in [0.1, 0.15) is 5.82 Å². The van der Waals surface area contributed by atoms with Crippen molar-refractivity contribution < 1.29 is 4.39 Å². The van der Waals surface area contributed by atoms with Crippen molar-refractivity contribution in [3.05, 3.63) is 35.6 Å². The third-order valence-electron chi connectivity index (χ3n) is 3.42. The fourth-order valence-corrected chi connectivity index (χ4v) is 2.19. The van der Waals surface area contributed by atoms with Crippen LogP contribution in [0.4, 0.5) is 4.39 Å². The van der Waals surface area contributed by atoms with Crippen molar-refractivity contribution >= 4 is 0 Å². The van der Waals surface area contributed by atoms with Gasteiger partial charge in [-0.25, -0.2) is 4.39 Å². The van der Waals surface area contributed by atoms with Gasteiger partial charge in [0.15, 0.2) is 0 Å². The molecule has 3 heteroatoms. The predicted octanol–water partition coefficient (Wildman–Crippen LogP) is 2.13. The molecule has 1 unspecified atom stereocenters. The number of piperazine rings is 1. The van der Waals surface area contributed by atoms with E-state index in [2.05, 4.69) is 23.8 Å². The Morgan fingerprint density at radius 1 is 1.19 bits per heavy atom. The minimum atomic E-state index is -0.140. The number of likely N-dealkylation sites (N-methyl/N-ethyl adjacent to an activating group) is 1. The van der Waals surface area contributed by atoms with Gasteiger partial charge >= 0.3 is 0 Å². The minimum Gasteiger partial charge on any atom is -0.304 e. The third-order valence-corrected chi connectivity index (χ3v) is 3.42. The van der Waals surface area contributed by atoms with Crippen LogP contribution in [0.25, 0.3) is 0 Å². The summed E-state index contributed by atoms with van der Waals surface area (Å²) in [5.41, 5.74) is 1.07. The Kier molecular flexibility index (Phi) is 3.56. The zero-order chi connectivity index (χ0) is 11.5. The Bertz CT molecular complexity index is 346. The molecule has 1 aromatic carbocycles. The first-order valence-corrected chi connectivity index (χ1v) is 5.85. The molecule has 0 amide bonds. The first-order chi connectivity index (χ1) is 7.66. The number of hydrogen-bond acceptors (Lipinski definition) is 2. The molecule has 1 heterocycles. The van der Waals surface area contributed by atoms with Crippen LogP contribution in [0.5, 0.6) is 0 Å². The summed E-state index contributed by atoms with van der Waals surface area (Å²) in [6, 6.07) is 7.25. The van der Waals surface area contributed by atoms with Gasteiger partial charge in [0.25, 0.3) is 0 Å².